The molecule has 0 aliphatic carbocycles. The van der Waals surface area contributed by atoms with Gasteiger partial charge >= 0.3 is 0 Å². The Bertz CT molecular complexity index is 833. The van der Waals surface area contributed by atoms with E-state index in [9.17, 15) is 15.2 Å². The quantitative estimate of drug-likeness (QED) is 0.585. The van der Waals surface area contributed by atoms with E-state index < -0.39 is 4.92 Å². The zero-order valence-corrected chi connectivity index (χ0v) is 10.8. The van der Waals surface area contributed by atoms with E-state index in [-0.39, 0.29) is 22.7 Å². The van der Waals surface area contributed by atoms with Crippen molar-refractivity contribution in [1.29, 1.82) is 0 Å². The Balaban J connectivity index is 2.14. The van der Waals surface area contributed by atoms with E-state index in [1.165, 1.54) is 18.3 Å². The number of aromatic hydroxyl groups is 1. The van der Waals surface area contributed by atoms with Crippen molar-refractivity contribution in [3.05, 3.63) is 64.8 Å². The number of para-hydroxylation sites is 3. The van der Waals surface area contributed by atoms with Gasteiger partial charge in [0.05, 0.1) is 10.3 Å². The summed E-state index contributed by atoms with van der Waals surface area (Å²) in [6, 6.07) is 12.8. The highest BCUT2D eigenvalue weighted by Crippen LogP contribution is 2.35. The van der Waals surface area contributed by atoms with Crippen LogP contribution in [-0.4, -0.2) is 15.0 Å². The van der Waals surface area contributed by atoms with Crippen molar-refractivity contribution < 1.29 is 14.8 Å². The van der Waals surface area contributed by atoms with E-state index >= 15 is 0 Å². The summed E-state index contributed by atoms with van der Waals surface area (Å²) in [6.07, 6.45) is 1.44. The molecule has 1 heterocycles. The molecule has 1 aromatic heterocycles. The molecule has 0 aliphatic rings. The topological polar surface area (TPSA) is 85.5 Å². The smallest absolute Gasteiger partial charge is 0.295 e. The summed E-state index contributed by atoms with van der Waals surface area (Å²) < 4.78 is 5.64. The van der Waals surface area contributed by atoms with Crippen molar-refractivity contribution in [1.82, 2.24) is 4.98 Å². The number of non-ortho nitro benzene ring substituents is 1. The fraction of sp³-hybridized carbons (Fsp3) is 0. The molecule has 2 aromatic carbocycles. The van der Waals surface area contributed by atoms with Crippen LogP contribution in [0.2, 0.25) is 0 Å². The second kappa shape index (κ2) is 5.09. The molecule has 0 aliphatic heterocycles. The maximum atomic E-state index is 11.0. The number of nitro benzene ring substituents is 1. The Labute approximate surface area is 119 Å². The van der Waals surface area contributed by atoms with Crippen LogP contribution in [-0.2, 0) is 0 Å². The molecule has 0 unspecified atom stereocenters. The van der Waals surface area contributed by atoms with Crippen LogP contribution in [0.4, 0.5) is 5.69 Å². The third kappa shape index (κ3) is 2.34. The first kappa shape index (κ1) is 12.9. The van der Waals surface area contributed by atoms with Gasteiger partial charge in [-0.1, -0.05) is 18.2 Å². The number of rotatable bonds is 3. The molecule has 6 nitrogen and oxygen atoms in total. The third-order valence-corrected chi connectivity index (χ3v) is 2.99. The molecule has 0 amide bonds. The number of fused-ring (bicyclic) bond motifs is 1. The largest absolute Gasteiger partial charge is 0.504 e. The predicted molar refractivity (Wildman–Crippen MR) is 76.6 cm³/mol. The van der Waals surface area contributed by atoms with Gasteiger partial charge in [-0.2, -0.15) is 0 Å². The van der Waals surface area contributed by atoms with Gasteiger partial charge in [-0.3, -0.25) is 10.1 Å². The van der Waals surface area contributed by atoms with Crippen molar-refractivity contribution >= 4 is 16.6 Å². The zero-order chi connectivity index (χ0) is 14.8. The molecule has 21 heavy (non-hydrogen) atoms. The van der Waals surface area contributed by atoms with Crippen LogP contribution < -0.4 is 4.74 Å². The molecule has 0 saturated heterocycles. The normalized spacial score (nSPS) is 10.5. The van der Waals surface area contributed by atoms with Crippen LogP contribution in [0.25, 0.3) is 10.9 Å². The molecular weight excluding hydrogens is 272 g/mol. The molecule has 0 bridgehead atoms. The van der Waals surface area contributed by atoms with Crippen molar-refractivity contribution in [2.24, 2.45) is 0 Å². The van der Waals surface area contributed by atoms with Crippen molar-refractivity contribution in [2.45, 2.75) is 0 Å². The highest BCUT2D eigenvalue weighted by molar-refractivity contribution is 5.91. The second-order valence-electron chi connectivity index (χ2n) is 4.31. The van der Waals surface area contributed by atoms with Gasteiger partial charge in [-0.05, 0) is 24.3 Å². The lowest BCUT2D eigenvalue weighted by Gasteiger charge is -2.09. The molecule has 3 aromatic rings. The van der Waals surface area contributed by atoms with Crippen LogP contribution in [0.1, 0.15) is 0 Å². The Morgan fingerprint density at radius 2 is 1.86 bits per heavy atom. The van der Waals surface area contributed by atoms with E-state index in [0.717, 1.165) is 0 Å². The number of aromatic nitrogens is 1. The van der Waals surface area contributed by atoms with E-state index in [0.29, 0.717) is 11.1 Å². The number of nitro groups is 1. The minimum Gasteiger partial charge on any atom is -0.504 e. The van der Waals surface area contributed by atoms with Gasteiger partial charge in [0.25, 0.3) is 5.69 Å². The molecule has 0 radical (unpaired) electrons. The third-order valence-electron chi connectivity index (χ3n) is 2.99. The lowest BCUT2D eigenvalue weighted by atomic mass is 10.2. The average Bonchev–Trinajstić information content (AvgIpc) is 2.49. The van der Waals surface area contributed by atoms with Gasteiger partial charge in [-0.25, -0.2) is 4.98 Å². The first-order valence-corrected chi connectivity index (χ1v) is 6.15. The molecular formula is C15H10N2O4. The van der Waals surface area contributed by atoms with Gasteiger partial charge in [0.1, 0.15) is 5.75 Å². The van der Waals surface area contributed by atoms with Gasteiger partial charge < -0.3 is 9.84 Å². The summed E-state index contributed by atoms with van der Waals surface area (Å²) in [7, 11) is 0. The van der Waals surface area contributed by atoms with E-state index in [4.69, 9.17) is 4.74 Å². The van der Waals surface area contributed by atoms with Gasteiger partial charge in [0.2, 0.25) is 0 Å². The Morgan fingerprint density at radius 1 is 1.05 bits per heavy atom. The first-order chi connectivity index (χ1) is 10.2. The van der Waals surface area contributed by atoms with E-state index in [2.05, 4.69) is 4.98 Å². The molecule has 3 rings (SSSR count). The van der Waals surface area contributed by atoms with E-state index in [1.54, 1.807) is 36.4 Å². The second-order valence-corrected chi connectivity index (χ2v) is 4.31. The van der Waals surface area contributed by atoms with Crippen molar-refractivity contribution in [3.63, 3.8) is 0 Å². The number of phenols is 1. The average molecular weight is 282 g/mol. The molecule has 0 atom stereocenters. The number of hydrogen-bond acceptors (Lipinski definition) is 5. The van der Waals surface area contributed by atoms with Crippen molar-refractivity contribution in [2.75, 3.05) is 0 Å². The molecule has 0 saturated carbocycles. The Morgan fingerprint density at radius 3 is 2.62 bits per heavy atom. The predicted octanol–water partition coefficient (Wildman–Crippen LogP) is 3.64. The fourth-order valence-electron chi connectivity index (χ4n) is 2.03. The number of ether oxygens (including phenoxy) is 1. The summed E-state index contributed by atoms with van der Waals surface area (Å²) >= 11 is 0. The van der Waals surface area contributed by atoms with Crippen molar-refractivity contribution in [3.8, 4) is 17.2 Å². The summed E-state index contributed by atoms with van der Waals surface area (Å²) in [5, 5.41) is 21.3. The standard InChI is InChI=1S/C15H10N2O4/c18-12-6-1-2-7-14(12)21-13-8-9-16-15-10(13)4-3-5-11(15)17(19)20/h1-9,18H. The lowest BCUT2D eigenvalue weighted by molar-refractivity contribution is -0.383. The number of phenolic OH excluding ortho intramolecular Hbond substituents is 1. The van der Waals surface area contributed by atoms with Crippen LogP contribution in [0, 0.1) is 10.1 Å². The highest BCUT2D eigenvalue weighted by atomic mass is 16.6. The summed E-state index contributed by atoms with van der Waals surface area (Å²) in [4.78, 5) is 14.6. The zero-order valence-electron chi connectivity index (χ0n) is 10.8. The Hall–Kier alpha value is -3.15. The number of benzene rings is 2. The summed E-state index contributed by atoms with van der Waals surface area (Å²) in [5.41, 5.74) is 0.158. The van der Waals surface area contributed by atoms with Crippen LogP contribution in [0.15, 0.2) is 54.7 Å². The van der Waals surface area contributed by atoms with Gasteiger partial charge in [-0.15, -0.1) is 0 Å². The molecule has 0 fully saturated rings. The van der Waals surface area contributed by atoms with Gasteiger partial charge in [0.15, 0.2) is 17.0 Å². The summed E-state index contributed by atoms with van der Waals surface area (Å²) in [6.45, 7) is 0. The molecule has 6 heteroatoms. The maximum Gasteiger partial charge on any atom is 0.295 e. The lowest BCUT2D eigenvalue weighted by Crippen LogP contribution is -1.93. The van der Waals surface area contributed by atoms with Gasteiger partial charge in [0, 0.05) is 12.3 Å². The highest BCUT2D eigenvalue weighted by Gasteiger charge is 2.15. The fourth-order valence-corrected chi connectivity index (χ4v) is 2.03. The Kier molecular flexibility index (Phi) is 3.12. The molecule has 1 N–H and O–H groups in total. The van der Waals surface area contributed by atoms with Crippen LogP contribution in [0.5, 0.6) is 17.2 Å². The van der Waals surface area contributed by atoms with Crippen LogP contribution >= 0.6 is 0 Å². The minimum absolute atomic E-state index is 0.00658. The summed E-state index contributed by atoms with van der Waals surface area (Å²) in [5.74, 6) is 0.662. The number of hydrogen-bond donors (Lipinski definition) is 1. The monoisotopic (exact) mass is 282 g/mol. The minimum atomic E-state index is -0.487. The van der Waals surface area contributed by atoms with E-state index in [1.807, 2.05) is 0 Å². The SMILES string of the molecule is O=[N+]([O-])c1cccc2c(Oc3ccccc3O)ccnc12. The molecule has 104 valence electrons. The van der Waals surface area contributed by atoms with Crippen LogP contribution in [0.3, 0.4) is 0 Å². The number of pyridine rings is 1. The molecule has 0 spiro atoms. The first-order valence-electron chi connectivity index (χ1n) is 6.15. The maximum absolute atomic E-state index is 11.0. The number of nitrogens with zero attached hydrogens (tertiary/aromatic N) is 2.